The summed E-state index contributed by atoms with van der Waals surface area (Å²) in [5, 5.41) is 3.88. The average molecular weight is 489 g/mol. The second kappa shape index (κ2) is 8.70. The SMILES string of the molecule is Cc1cc(C)c([C@@H]2OP(c3ccccc3)(c3ccccc3)(c3ccccc3)[C@@H]3C=CC=CC32)c(C)c1. The summed E-state index contributed by atoms with van der Waals surface area (Å²) in [6.07, 6.45) is 9.24. The van der Waals surface area contributed by atoms with Crippen molar-refractivity contribution in [2.45, 2.75) is 32.5 Å². The molecule has 1 aliphatic carbocycles. The fraction of sp³-hybridized carbons (Fsp3) is 0.176. The van der Waals surface area contributed by atoms with E-state index in [1.807, 2.05) is 0 Å². The van der Waals surface area contributed by atoms with E-state index in [2.05, 4.69) is 148 Å². The molecule has 0 aromatic heterocycles. The van der Waals surface area contributed by atoms with Gasteiger partial charge >= 0.3 is 215 Å². The predicted molar refractivity (Wildman–Crippen MR) is 155 cm³/mol. The molecule has 1 nitrogen and oxygen atoms in total. The van der Waals surface area contributed by atoms with Gasteiger partial charge in [0, 0.05) is 0 Å². The summed E-state index contributed by atoms with van der Waals surface area (Å²) in [5.41, 5.74) is 5.45. The van der Waals surface area contributed by atoms with Gasteiger partial charge in [0.2, 0.25) is 0 Å². The molecule has 1 aliphatic heterocycles. The van der Waals surface area contributed by atoms with Crippen LogP contribution in [0.25, 0.3) is 0 Å². The fourth-order valence-electron chi connectivity index (χ4n) is 6.97. The van der Waals surface area contributed by atoms with E-state index in [1.54, 1.807) is 0 Å². The van der Waals surface area contributed by atoms with E-state index in [9.17, 15) is 0 Å². The van der Waals surface area contributed by atoms with Crippen molar-refractivity contribution in [2.24, 2.45) is 5.92 Å². The first kappa shape index (κ1) is 23.2. The first-order valence-corrected chi connectivity index (χ1v) is 15.1. The van der Waals surface area contributed by atoms with E-state index < -0.39 is 6.83 Å². The van der Waals surface area contributed by atoms with Crippen molar-refractivity contribution in [1.82, 2.24) is 0 Å². The molecule has 3 atom stereocenters. The van der Waals surface area contributed by atoms with Gasteiger partial charge in [0.05, 0.1) is 0 Å². The van der Waals surface area contributed by atoms with Crippen molar-refractivity contribution in [3.8, 4) is 0 Å². The van der Waals surface area contributed by atoms with E-state index in [0.717, 1.165) is 0 Å². The molecule has 0 amide bonds. The van der Waals surface area contributed by atoms with Crippen molar-refractivity contribution in [2.75, 3.05) is 0 Å². The van der Waals surface area contributed by atoms with Crippen LogP contribution in [0, 0.1) is 26.7 Å². The zero-order chi connectivity index (χ0) is 24.8. The molecule has 0 saturated carbocycles. The van der Waals surface area contributed by atoms with Crippen LogP contribution in [0.3, 0.4) is 0 Å². The average Bonchev–Trinajstić information content (AvgIpc) is 3.23. The minimum absolute atomic E-state index is 0.0462. The Morgan fingerprint density at radius 3 is 1.50 bits per heavy atom. The summed E-state index contributed by atoms with van der Waals surface area (Å²) in [5.74, 6) is 0.230. The fourth-order valence-corrected chi connectivity index (χ4v) is 13.7. The Bertz CT molecular complexity index is 1330. The third-order valence-corrected chi connectivity index (χ3v) is 14.5. The van der Waals surface area contributed by atoms with Gasteiger partial charge < -0.3 is 0 Å². The first-order chi connectivity index (χ1) is 17.6. The van der Waals surface area contributed by atoms with Crippen LogP contribution in [0.5, 0.6) is 0 Å². The Morgan fingerprint density at radius 2 is 1.03 bits per heavy atom. The standard InChI is InChI=1S/C34H33OP/c1-25-23-26(2)33(27(3)24-25)34-31-21-13-14-22-32(31)36(35-34,28-15-7-4-8-16-28,29-17-9-5-10-18-29)30-19-11-6-12-20-30/h4-24,31-32,34H,1-3H3/t31?,32-,34-/m1/s1. The van der Waals surface area contributed by atoms with Crippen molar-refractivity contribution < 1.29 is 4.52 Å². The molecule has 4 aromatic carbocycles. The van der Waals surface area contributed by atoms with Gasteiger partial charge in [-0.15, -0.1) is 0 Å². The van der Waals surface area contributed by atoms with Crippen LogP contribution >= 0.6 is 6.83 Å². The molecule has 36 heavy (non-hydrogen) atoms. The number of hydrogen-bond acceptors (Lipinski definition) is 1. The number of aryl methyl sites for hydroxylation is 3. The molecule has 0 radical (unpaired) electrons. The first-order valence-electron chi connectivity index (χ1n) is 12.9. The molecular formula is C34H33OP. The zero-order valence-electron chi connectivity index (χ0n) is 21.2. The summed E-state index contributed by atoms with van der Waals surface area (Å²) in [4.78, 5) is 0. The summed E-state index contributed by atoms with van der Waals surface area (Å²) in [6.45, 7) is 3.23. The second-order valence-electron chi connectivity index (χ2n) is 10.3. The molecule has 0 N–H and O–H groups in total. The second-order valence-corrected chi connectivity index (χ2v) is 14.8. The van der Waals surface area contributed by atoms with E-state index in [4.69, 9.17) is 4.52 Å². The molecule has 1 heterocycles. The number of allylic oxidation sites excluding steroid dienone is 3. The molecule has 180 valence electrons. The Hall–Kier alpha value is -3.25. The maximum absolute atomic E-state index is 7.96. The molecule has 1 fully saturated rings. The van der Waals surface area contributed by atoms with Gasteiger partial charge in [-0.1, -0.05) is 0 Å². The van der Waals surface area contributed by atoms with Crippen LogP contribution in [0.1, 0.15) is 28.4 Å². The normalized spacial score (nSPS) is 24.5. The summed E-state index contributed by atoms with van der Waals surface area (Å²) < 4.78 is 7.96. The van der Waals surface area contributed by atoms with Crippen molar-refractivity contribution in [3.05, 3.63) is 150 Å². The summed E-state index contributed by atoms with van der Waals surface area (Å²) in [7, 11) is 0. The predicted octanol–water partition coefficient (Wildman–Crippen LogP) is 7.24. The number of benzene rings is 4. The molecule has 2 heteroatoms. The van der Waals surface area contributed by atoms with Crippen LogP contribution < -0.4 is 15.9 Å². The van der Waals surface area contributed by atoms with E-state index in [1.165, 1.54) is 38.2 Å². The van der Waals surface area contributed by atoms with Crippen LogP contribution in [0.15, 0.2) is 127 Å². The van der Waals surface area contributed by atoms with Gasteiger partial charge in [-0.2, -0.15) is 0 Å². The van der Waals surface area contributed by atoms with Gasteiger partial charge in [0.1, 0.15) is 0 Å². The molecule has 6 rings (SSSR count). The van der Waals surface area contributed by atoms with E-state index in [-0.39, 0.29) is 17.7 Å². The van der Waals surface area contributed by atoms with Gasteiger partial charge in [0.15, 0.2) is 0 Å². The van der Waals surface area contributed by atoms with Crippen molar-refractivity contribution >= 4 is 22.7 Å². The number of hydrogen-bond donors (Lipinski definition) is 0. The van der Waals surface area contributed by atoms with Crippen molar-refractivity contribution in [3.63, 3.8) is 0 Å². The van der Waals surface area contributed by atoms with Gasteiger partial charge in [0.25, 0.3) is 0 Å². The Kier molecular flexibility index (Phi) is 5.60. The maximum atomic E-state index is 7.96. The monoisotopic (exact) mass is 488 g/mol. The van der Waals surface area contributed by atoms with Gasteiger partial charge in [-0.3, -0.25) is 0 Å². The van der Waals surface area contributed by atoms with E-state index in [0.29, 0.717) is 0 Å². The molecule has 2 aliphatic rings. The summed E-state index contributed by atoms with van der Waals surface area (Å²) >= 11 is 0. The topological polar surface area (TPSA) is 9.23 Å². The Morgan fingerprint density at radius 1 is 0.583 bits per heavy atom. The van der Waals surface area contributed by atoms with Gasteiger partial charge in [-0.05, 0) is 0 Å². The quantitative estimate of drug-likeness (QED) is 0.275. The van der Waals surface area contributed by atoms with Crippen LogP contribution in [-0.2, 0) is 4.52 Å². The Balaban J connectivity index is 1.77. The third kappa shape index (κ3) is 3.10. The molecule has 1 unspecified atom stereocenters. The van der Waals surface area contributed by atoms with E-state index >= 15 is 0 Å². The zero-order valence-corrected chi connectivity index (χ0v) is 22.1. The number of fused-ring (bicyclic) bond motifs is 1. The molecule has 0 spiro atoms. The van der Waals surface area contributed by atoms with Crippen LogP contribution in [-0.4, -0.2) is 5.66 Å². The van der Waals surface area contributed by atoms with Crippen molar-refractivity contribution in [1.29, 1.82) is 0 Å². The van der Waals surface area contributed by atoms with Crippen LogP contribution in [0.4, 0.5) is 0 Å². The minimum atomic E-state index is -3.45. The number of rotatable bonds is 4. The van der Waals surface area contributed by atoms with Crippen LogP contribution in [0.2, 0.25) is 0 Å². The molecule has 0 bridgehead atoms. The summed E-state index contributed by atoms with van der Waals surface area (Å²) in [6, 6.07) is 37.8. The molecular weight excluding hydrogens is 455 g/mol. The molecule has 4 aromatic rings. The Labute approximate surface area is 215 Å². The molecule has 1 saturated heterocycles. The third-order valence-electron chi connectivity index (χ3n) is 8.23. The van der Waals surface area contributed by atoms with Gasteiger partial charge in [-0.25, -0.2) is 0 Å².